The second-order valence-corrected chi connectivity index (χ2v) is 11.1. The van der Waals surface area contributed by atoms with E-state index in [-0.39, 0.29) is 58.7 Å². The van der Waals surface area contributed by atoms with E-state index in [9.17, 15) is 18.0 Å². The van der Waals surface area contributed by atoms with Crippen molar-refractivity contribution in [3.05, 3.63) is 58.4 Å². The van der Waals surface area contributed by atoms with E-state index >= 15 is 4.39 Å². The number of fused-ring (bicyclic) bond motifs is 2. The Bertz CT molecular complexity index is 1690. The van der Waals surface area contributed by atoms with Crippen LogP contribution in [0, 0.1) is 5.82 Å². The van der Waals surface area contributed by atoms with Crippen molar-refractivity contribution in [2.75, 3.05) is 38.2 Å². The van der Waals surface area contributed by atoms with Crippen LogP contribution in [-0.4, -0.2) is 75.8 Å². The van der Waals surface area contributed by atoms with Crippen LogP contribution in [0.5, 0.6) is 6.01 Å². The van der Waals surface area contributed by atoms with Crippen molar-refractivity contribution in [3.63, 3.8) is 0 Å². The minimum absolute atomic E-state index is 0.0927. The molecule has 2 aromatic carbocycles. The summed E-state index contributed by atoms with van der Waals surface area (Å²) >= 11 is 0. The second-order valence-electron chi connectivity index (χ2n) is 11.1. The number of hydrogen-bond donors (Lipinski definition) is 1. The molecule has 9 nitrogen and oxygen atoms in total. The molecule has 6 rings (SSSR count). The Morgan fingerprint density at radius 1 is 1.02 bits per heavy atom. The zero-order valence-electron chi connectivity index (χ0n) is 23.5. The number of nitrogens with zero attached hydrogens (tertiary/aromatic N) is 6. The average Bonchev–Trinajstić information content (AvgIpc) is 3.35. The highest BCUT2D eigenvalue weighted by Crippen LogP contribution is 2.35. The summed E-state index contributed by atoms with van der Waals surface area (Å²) < 4.78 is 65.5. The molecule has 0 amide bonds. The van der Waals surface area contributed by atoms with E-state index in [0.29, 0.717) is 23.0 Å². The van der Waals surface area contributed by atoms with Gasteiger partial charge in [-0.1, -0.05) is 24.3 Å². The van der Waals surface area contributed by atoms with Gasteiger partial charge in [0.15, 0.2) is 11.3 Å². The van der Waals surface area contributed by atoms with Gasteiger partial charge in [0.05, 0.1) is 5.69 Å². The lowest BCUT2D eigenvalue weighted by Crippen LogP contribution is -2.55. The van der Waals surface area contributed by atoms with Crippen LogP contribution < -0.4 is 20.5 Å². The topological polar surface area (TPSA) is 88.4 Å². The van der Waals surface area contributed by atoms with Gasteiger partial charge >= 0.3 is 12.2 Å². The molecule has 0 radical (unpaired) electrons. The molecule has 2 aromatic heterocycles. The summed E-state index contributed by atoms with van der Waals surface area (Å²) in [5.74, 6) is -2.16. The zero-order valence-corrected chi connectivity index (χ0v) is 23.5. The van der Waals surface area contributed by atoms with Crippen LogP contribution in [-0.2, 0) is 6.18 Å². The van der Waals surface area contributed by atoms with Gasteiger partial charge in [-0.2, -0.15) is 23.1 Å². The van der Waals surface area contributed by atoms with E-state index < -0.39 is 23.4 Å². The Balaban J connectivity index is 1.63. The van der Waals surface area contributed by atoms with Crippen molar-refractivity contribution in [2.45, 2.75) is 51.0 Å². The fourth-order valence-corrected chi connectivity index (χ4v) is 6.06. The number of piperazine rings is 1. The summed E-state index contributed by atoms with van der Waals surface area (Å²) in [5.41, 5.74) is -1.99. The molecular formula is C29H31F4N7O2. The van der Waals surface area contributed by atoms with Crippen LogP contribution >= 0.6 is 0 Å². The first kappa shape index (κ1) is 28.3. The van der Waals surface area contributed by atoms with E-state index in [1.807, 2.05) is 25.8 Å². The van der Waals surface area contributed by atoms with Gasteiger partial charge in [0, 0.05) is 36.6 Å². The summed E-state index contributed by atoms with van der Waals surface area (Å²) in [6, 6.07) is 8.10. The van der Waals surface area contributed by atoms with E-state index in [2.05, 4.69) is 25.2 Å². The highest BCUT2D eigenvalue weighted by atomic mass is 19.4. The molecule has 13 heteroatoms. The quantitative estimate of drug-likeness (QED) is 0.350. The van der Waals surface area contributed by atoms with E-state index in [1.165, 1.54) is 18.2 Å². The first-order valence-electron chi connectivity index (χ1n) is 14.0. The van der Waals surface area contributed by atoms with Crippen molar-refractivity contribution in [1.29, 1.82) is 0 Å². The van der Waals surface area contributed by atoms with Crippen LogP contribution in [0.3, 0.4) is 0 Å². The maximum atomic E-state index is 15.1. The van der Waals surface area contributed by atoms with Gasteiger partial charge in [0.25, 0.3) is 5.56 Å². The smallest absolute Gasteiger partial charge is 0.450 e. The highest BCUT2D eigenvalue weighted by molar-refractivity contribution is 5.92. The number of likely N-dealkylation sites (N-methyl/N-ethyl adjacent to an activating group) is 1. The molecule has 4 heterocycles. The number of anilines is 1. The Morgan fingerprint density at radius 2 is 1.74 bits per heavy atom. The standard InChI is InChI=1S/C29H31F4N7O2/c1-16-13-34-14-17(2)39(16)25-23-24(36-28(37-25)42-15-19-9-6-12-38(19)3)26(41)40(27(35-23)29(31,32)33)21-11-5-8-18-7-4-10-20(30)22(18)21/h4-5,7-8,10-11,16-17,19,34H,6,9,12-15H2,1-3H3/t16-,17-,19-/m0/s1. The Labute approximate surface area is 239 Å². The molecule has 1 N–H and O–H groups in total. The highest BCUT2D eigenvalue weighted by Gasteiger charge is 2.40. The zero-order chi connectivity index (χ0) is 29.8. The molecule has 2 aliphatic heterocycles. The molecule has 0 unspecified atom stereocenters. The summed E-state index contributed by atoms with van der Waals surface area (Å²) in [7, 11) is 1.99. The third-order valence-electron chi connectivity index (χ3n) is 8.16. The molecule has 0 aliphatic carbocycles. The van der Waals surface area contributed by atoms with Crippen LogP contribution in [0.2, 0.25) is 0 Å². The van der Waals surface area contributed by atoms with Gasteiger partial charge in [-0.05, 0) is 57.8 Å². The number of alkyl halides is 3. The van der Waals surface area contributed by atoms with Gasteiger partial charge in [-0.25, -0.2) is 9.37 Å². The molecule has 0 saturated carbocycles. The number of likely N-dealkylation sites (tertiary alicyclic amines) is 1. The van der Waals surface area contributed by atoms with Gasteiger partial charge in [0.2, 0.25) is 5.82 Å². The number of nitrogens with one attached hydrogen (secondary N) is 1. The molecule has 2 aliphatic rings. The number of halogens is 4. The maximum Gasteiger partial charge on any atom is 0.450 e. The molecule has 3 atom stereocenters. The van der Waals surface area contributed by atoms with Crippen LogP contribution in [0.4, 0.5) is 23.4 Å². The second kappa shape index (κ2) is 10.8. The minimum Gasteiger partial charge on any atom is -0.462 e. The van der Waals surface area contributed by atoms with Gasteiger partial charge in [-0.3, -0.25) is 9.36 Å². The third-order valence-corrected chi connectivity index (χ3v) is 8.16. The Kier molecular flexibility index (Phi) is 7.26. The number of rotatable bonds is 5. The number of hydrogen-bond acceptors (Lipinski definition) is 8. The van der Waals surface area contributed by atoms with Gasteiger partial charge in [-0.15, -0.1) is 0 Å². The Morgan fingerprint density at radius 3 is 2.40 bits per heavy atom. The molecule has 2 fully saturated rings. The first-order valence-corrected chi connectivity index (χ1v) is 14.0. The molecule has 222 valence electrons. The number of benzene rings is 2. The van der Waals surface area contributed by atoms with Crippen molar-refractivity contribution in [2.24, 2.45) is 0 Å². The van der Waals surface area contributed by atoms with Gasteiger partial charge in [0.1, 0.15) is 17.9 Å². The van der Waals surface area contributed by atoms with Crippen molar-refractivity contribution in [3.8, 4) is 11.7 Å². The average molecular weight is 586 g/mol. The summed E-state index contributed by atoms with van der Waals surface area (Å²) in [6.07, 6.45) is -3.12. The van der Waals surface area contributed by atoms with E-state index in [4.69, 9.17) is 4.74 Å². The van der Waals surface area contributed by atoms with Gasteiger partial charge < -0.3 is 19.9 Å². The monoisotopic (exact) mass is 585 g/mol. The molecule has 4 aromatic rings. The maximum absolute atomic E-state index is 15.1. The lowest BCUT2D eigenvalue weighted by molar-refractivity contribution is -0.146. The normalized spacial score (nSPS) is 21.9. The summed E-state index contributed by atoms with van der Waals surface area (Å²) in [6.45, 7) is 6.11. The number of ether oxygens (including phenoxy) is 1. The van der Waals surface area contributed by atoms with E-state index in [1.54, 1.807) is 12.1 Å². The molecule has 42 heavy (non-hydrogen) atoms. The van der Waals surface area contributed by atoms with Crippen molar-refractivity contribution < 1.29 is 22.3 Å². The fraction of sp³-hybridized carbons (Fsp3) is 0.448. The lowest BCUT2D eigenvalue weighted by Gasteiger charge is -2.40. The predicted octanol–water partition coefficient (Wildman–Crippen LogP) is 4.15. The first-order chi connectivity index (χ1) is 20.0. The molecule has 2 saturated heterocycles. The molecule has 0 bridgehead atoms. The summed E-state index contributed by atoms with van der Waals surface area (Å²) in [5, 5.41) is 3.50. The fourth-order valence-electron chi connectivity index (χ4n) is 6.06. The predicted molar refractivity (Wildman–Crippen MR) is 151 cm³/mol. The molecule has 0 spiro atoms. The summed E-state index contributed by atoms with van der Waals surface area (Å²) in [4.78, 5) is 31.0. The van der Waals surface area contributed by atoms with Crippen molar-refractivity contribution >= 4 is 27.6 Å². The van der Waals surface area contributed by atoms with Crippen LogP contribution in [0.25, 0.3) is 27.5 Å². The largest absolute Gasteiger partial charge is 0.462 e. The third kappa shape index (κ3) is 4.94. The van der Waals surface area contributed by atoms with Crippen molar-refractivity contribution in [1.82, 2.24) is 29.7 Å². The van der Waals surface area contributed by atoms with Crippen LogP contribution in [0.15, 0.2) is 41.2 Å². The Hall–Kier alpha value is -3.84. The minimum atomic E-state index is -5.05. The van der Waals surface area contributed by atoms with Crippen LogP contribution in [0.1, 0.15) is 32.5 Å². The lowest BCUT2D eigenvalue weighted by atomic mass is 10.1. The molecular weight excluding hydrogens is 554 g/mol. The van der Waals surface area contributed by atoms with E-state index in [0.717, 1.165) is 25.5 Å². The number of aromatic nitrogens is 4. The SMILES string of the molecule is C[C@H]1CNC[C@H](C)N1c1nc(OC[C@@H]2CCCN2C)nc2c(=O)n(-c3cccc4cccc(F)c34)c(C(F)(F)F)nc12.